The SMILES string of the molecule is Cc1nc(-c2cncc([As](C)CCc3ccccn3)n2)sc1C(=O)NCc1ccc(F)cc1. The number of aromatic nitrogens is 4. The van der Waals surface area contributed by atoms with Crippen molar-refractivity contribution in [3.8, 4) is 10.7 Å². The summed E-state index contributed by atoms with van der Waals surface area (Å²) in [6.07, 6.45) is 6.29. The van der Waals surface area contributed by atoms with Crippen molar-refractivity contribution in [3.63, 3.8) is 0 Å². The van der Waals surface area contributed by atoms with Gasteiger partial charge in [-0.05, 0) is 0 Å². The summed E-state index contributed by atoms with van der Waals surface area (Å²) in [5.41, 5.74) is 5.54. The monoisotopic (exact) mass is 523 g/mol. The first kappa shape index (κ1) is 23.2. The van der Waals surface area contributed by atoms with Gasteiger partial charge in [-0.25, -0.2) is 4.39 Å². The number of hydrogen-bond donors (Lipinski definition) is 1. The summed E-state index contributed by atoms with van der Waals surface area (Å²) in [6, 6.07) is 12.0. The van der Waals surface area contributed by atoms with Crippen LogP contribution in [0.15, 0.2) is 61.1 Å². The molecular formula is C24H23AsFN5OS. The molecule has 9 heteroatoms. The Hall–Kier alpha value is -2.96. The Bertz CT molecular complexity index is 1230. The first-order valence-electron chi connectivity index (χ1n) is 10.4. The molecule has 0 saturated heterocycles. The Kier molecular flexibility index (Phi) is 7.57. The van der Waals surface area contributed by atoms with Crippen LogP contribution in [-0.2, 0) is 13.0 Å². The van der Waals surface area contributed by atoms with E-state index in [-0.39, 0.29) is 11.7 Å². The van der Waals surface area contributed by atoms with Crippen molar-refractivity contribution >= 4 is 36.4 Å². The predicted octanol–water partition coefficient (Wildman–Crippen LogP) is 3.95. The Morgan fingerprint density at radius 1 is 1.12 bits per heavy atom. The molecule has 33 heavy (non-hydrogen) atoms. The van der Waals surface area contributed by atoms with Crippen LogP contribution in [0.2, 0.25) is 10.9 Å². The minimum absolute atomic E-state index is 0.205. The van der Waals surface area contributed by atoms with Gasteiger partial charge >= 0.3 is 191 Å². The molecule has 3 heterocycles. The average molecular weight is 523 g/mol. The van der Waals surface area contributed by atoms with Gasteiger partial charge in [-0.3, -0.25) is 0 Å². The molecule has 0 aliphatic rings. The number of hydrogen-bond acceptors (Lipinski definition) is 6. The molecule has 0 saturated carbocycles. The number of nitrogens with one attached hydrogen (secondary N) is 1. The van der Waals surface area contributed by atoms with Crippen LogP contribution in [-0.4, -0.2) is 40.5 Å². The van der Waals surface area contributed by atoms with Crippen LogP contribution in [0.5, 0.6) is 0 Å². The van der Waals surface area contributed by atoms with Crippen molar-refractivity contribution in [1.29, 1.82) is 0 Å². The third kappa shape index (κ3) is 6.09. The van der Waals surface area contributed by atoms with Crippen molar-refractivity contribution in [3.05, 3.63) is 88.7 Å². The van der Waals surface area contributed by atoms with Gasteiger partial charge in [-0.1, -0.05) is 0 Å². The summed E-state index contributed by atoms with van der Waals surface area (Å²) in [4.78, 5) is 31.4. The zero-order chi connectivity index (χ0) is 23.2. The second-order valence-electron chi connectivity index (χ2n) is 7.50. The second-order valence-corrected chi connectivity index (χ2v) is 13.3. The van der Waals surface area contributed by atoms with E-state index in [1.54, 1.807) is 18.3 Å². The maximum absolute atomic E-state index is 13.1. The van der Waals surface area contributed by atoms with Gasteiger partial charge in [0.15, 0.2) is 0 Å². The molecule has 4 aromatic rings. The van der Waals surface area contributed by atoms with Gasteiger partial charge in [0.25, 0.3) is 0 Å². The first-order valence-corrected chi connectivity index (χ1v) is 15.4. The van der Waals surface area contributed by atoms with E-state index in [4.69, 9.17) is 4.98 Å². The Balaban J connectivity index is 1.43. The number of benzene rings is 1. The molecule has 4 rings (SSSR count). The van der Waals surface area contributed by atoms with Crippen molar-refractivity contribution in [2.24, 2.45) is 0 Å². The van der Waals surface area contributed by atoms with Gasteiger partial charge < -0.3 is 0 Å². The van der Waals surface area contributed by atoms with E-state index in [2.05, 4.69) is 26.0 Å². The standard InChI is InChI=1S/C24H23AsFN5OS/c1-16-22(23(32)29-13-17-6-8-18(26)9-7-17)33-24(30-16)20-14-27-15-21(31-20)25(2)11-10-19-5-3-4-12-28-19/h3-9,12,14-15H,10-11,13H2,1-2H3,(H,29,32). The maximum atomic E-state index is 13.1. The molecule has 1 aromatic carbocycles. The van der Waals surface area contributed by atoms with Gasteiger partial charge in [0.05, 0.1) is 0 Å². The van der Waals surface area contributed by atoms with E-state index in [0.29, 0.717) is 27.8 Å². The third-order valence-electron chi connectivity index (χ3n) is 5.03. The van der Waals surface area contributed by atoms with Gasteiger partial charge in [0.2, 0.25) is 0 Å². The van der Waals surface area contributed by atoms with Gasteiger partial charge in [-0.15, -0.1) is 0 Å². The molecule has 1 unspecified atom stereocenters. The number of halogens is 1. The molecule has 0 spiro atoms. The molecule has 1 amide bonds. The Morgan fingerprint density at radius 2 is 1.94 bits per heavy atom. The zero-order valence-electron chi connectivity index (χ0n) is 18.3. The fourth-order valence-electron chi connectivity index (χ4n) is 3.17. The number of nitrogens with zero attached hydrogens (tertiary/aromatic N) is 4. The van der Waals surface area contributed by atoms with E-state index < -0.39 is 14.7 Å². The van der Waals surface area contributed by atoms with Crippen molar-refractivity contribution in [2.75, 3.05) is 0 Å². The van der Waals surface area contributed by atoms with Crippen molar-refractivity contribution in [2.45, 2.75) is 30.8 Å². The van der Waals surface area contributed by atoms with E-state index in [1.807, 2.05) is 37.5 Å². The number of amides is 1. The topological polar surface area (TPSA) is 80.7 Å². The summed E-state index contributed by atoms with van der Waals surface area (Å²) in [5, 5.41) is 4.61. The molecule has 168 valence electrons. The van der Waals surface area contributed by atoms with Crippen LogP contribution in [0.3, 0.4) is 0 Å². The summed E-state index contributed by atoms with van der Waals surface area (Å²) in [5.74, 6) is -0.506. The number of carbonyl (C=O) groups excluding carboxylic acids is 1. The fourth-order valence-corrected chi connectivity index (χ4v) is 6.91. The van der Waals surface area contributed by atoms with Crippen LogP contribution < -0.4 is 9.80 Å². The van der Waals surface area contributed by atoms with Gasteiger partial charge in [0, 0.05) is 0 Å². The van der Waals surface area contributed by atoms with Crippen LogP contribution >= 0.6 is 11.3 Å². The number of pyridine rings is 1. The number of rotatable bonds is 8. The molecule has 0 aliphatic carbocycles. The molecule has 0 fully saturated rings. The Morgan fingerprint density at radius 3 is 2.70 bits per heavy atom. The molecule has 1 atom stereocenters. The minimum atomic E-state index is -1.37. The number of carbonyl (C=O) groups is 1. The number of thiazole rings is 1. The Labute approximate surface area is 200 Å². The van der Waals surface area contributed by atoms with Crippen LogP contribution in [0.1, 0.15) is 26.6 Å². The first-order chi connectivity index (χ1) is 16.0. The van der Waals surface area contributed by atoms with Crippen LogP contribution in [0.25, 0.3) is 10.7 Å². The van der Waals surface area contributed by atoms with Gasteiger partial charge in [-0.2, -0.15) is 0 Å². The summed E-state index contributed by atoms with van der Waals surface area (Å²) < 4.78 is 14.1. The van der Waals surface area contributed by atoms with Crippen LogP contribution in [0.4, 0.5) is 4.39 Å². The quantitative estimate of drug-likeness (QED) is 0.354. The van der Waals surface area contributed by atoms with E-state index in [0.717, 1.165) is 27.4 Å². The van der Waals surface area contributed by atoms with Gasteiger partial charge in [0.1, 0.15) is 5.82 Å². The van der Waals surface area contributed by atoms with E-state index >= 15 is 0 Å². The molecule has 0 aliphatic heterocycles. The third-order valence-corrected chi connectivity index (χ3v) is 10.2. The molecular weight excluding hydrogens is 500 g/mol. The molecule has 0 radical (unpaired) electrons. The molecule has 1 N–H and O–H groups in total. The summed E-state index contributed by atoms with van der Waals surface area (Å²) >= 11 is -0.0655. The number of aryl methyl sites for hydroxylation is 2. The van der Waals surface area contributed by atoms with Crippen molar-refractivity contribution in [1.82, 2.24) is 25.3 Å². The molecule has 0 bridgehead atoms. The zero-order valence-corrected chi connectivity index (χ0v) is 21.0. The normalized spacial score (nSPS) is 11.8. The van der Waals surface area contributed by atoms with E-state index in [9.17, 15) is 9.18 Å². The van der Waals surface area contributed by atoms with Crippen molar-refractivity contribution < 1.29 is 9.18 Å². The molecule has 6 nitrogen and oxygen atoms in total. The summed E-state index contributed by atoms with van der Waals surface area (Å²) in [6.45, 7) is 2.13. The van der Waals surface area contributed by atoms with E-state index in [1.165, 1.54) is 23.5 Å². The second kappa shape index (κ2) is 10.8. The fraction of sp³-hybridized carbons (Fsp3) is 0.208. The predicted molar refractivity (Wildman–Crippen MR) is 129 cm³/mol. The summed E-state index contributed by atoms with van der Waals surface area (Å²) in [7, 11) is 0. The van der Waals surface area contributed by atoms with Crippen LogP contribution in [0, 0.1) is 12.7 Å². The average Bonchev–Trinajstić information content (AvgIpc) is 3.24. The molecule has 3 aromatic heterocycles.